The zero-order valence-corrected chi connectivity index (χ0v) is 20.8. The van der Waals surface area contributed by atoms with Gasteiger partial charge < -0.3 is 24.4 Å². The van der Waals surface area contributed by atoms with Crippen molar-refractivity contribution < 1.29 is 23.4 Å². The Morgan fingerprint density at radius 3 is 2.58 bits per heavy atom. The Labute approximate surface area is 209 Å². The predicted molar refractivity (Wildman–Crippen MR) is 135 cm³/mol. The number of piperidine rings is 1. The summed E-state index contributed by atoms with van der Waals surface area (Å²) in [5, 5.41) is 3.89. The summed E-state index contributed by atoms with van der Waals surface area (Å²) < 4.78 is 31.1. The Bertz CT molecular complexity index is 1310. The van der Waals surface area contributed by atoms with Gasteiger partial charge in [-0.15, -0.1) is 6.42 Å². The summed E-state index contributed by atoms with van der Waals surface area (Å²) in [6.07, 6.45) is 7.72. The van der Waals surface area contributed by atoms with E-state index in [1.165, 1.54) is 12.4 Å². The molecule has 9 heteroatoms. The van der Waals surface area contributed by atoms with E-state index >= 15 is 0 Å². The first kappa shape index (κ1) is 25.0. The van der Waals surface area contributed by atoms with Gasteiger partial charge in [0.2, 0.25) is 0 Å². The second-order valence-corrected chi connectivity index (χ2v) is 9.49. The highest BCUT2D eigenvalue weighted by Gasteiger charge is 2.28. The van der Waals surface area contributed by atoms with Gasteiger partial charge in [0.25, 0.3) is 0 Å². The molecule has 1 amide bonds. The van der Waals surface area contributed by atoms with Gasteiger partial charge in [-0.2, -0.15) is 0 Å². The van der Waals surface area contributed by atoms with Crippen LogP contribution in [0.2, 0.25) is 0 Å². The SMILES string of the molecule is C#Cc1cc(Nc2ncnc3cc(OC)c(OC4CCN(C(=O)OC(C)(C)C)CC4)cc23)ccc1F. The number of likely N-dealkylation sites (tertiary alicyclic amines) is 1. The molecule has 0 bridgehead atoms. The minimum atomic E-state index is -0.535. The fourth-order valence-electron chi connectivity index (χ4n) is 3.93. The Kier molecular flexibility index (Phi) is 7.15. The topological polar surface area (TPSA) is 85.8 Å². The third-order valence-electron chi connectivity index (χ3n) is 5.69. The molecule has 0 saturated carbocycles. The number of hydrogen-bond donors (Lipinski definition) is 1. The highest BCUT2D eigenvalue weighted by Crippen LogP contribution is 2.36. The fraction of sp³-hybridized carbons (Fsp3) is 0.370. The molecule has 8 nitrogen and oxygen atoms in total. The maximum absolute atomic E-state index is 13.8. The molecular formula is C27H29FN4O4. The minimum Gasteiger partial charge on any atom is -0.493 e. The minimum absolute atomic E-state index is 0.105. The first-order chi connectivity index (χ1) is 17.2. The zero-order valence-electron chi connectivity index (χ0n) is 20.8. The molecule has 188 valence electrons. The zero-order chi connectivity index (χ0) is 25.9. The van der Waals surface area contributed by atoms with Crippen LogP contribution in [0.25, 0.3) is 10.9 Å². The van der Waals surface area contributed by atoms with Crippen molar-refractivity contribution in [2.75, 3.05) is 25.5 Å². The van der Waals surface area contributed by atoms with Crippen LogP contribution >= 0.6 is 0 Å². The van der Waals surface area contributed by atoms with Crippen LogP contribution in [0, 0.1) is 18.2 Å². The van der Waals surface area contributed by atoms with Gasteiger partial charge in [0.15, 0.2) is 11.5 Å². The number of halogens is 1. The quantitative estimate of drug-likeness (QED) is 0.485. The van der Waals surface area contributed by atoms with Crippen molar-refractivity contribution in [1.82, 2.24) is 14.9 Å². The molecule has 0 unspecified atom stereocenters. The van der Waals surface area contributed by atoms with Gasteiger partial charge in [-0.3, -0.25) is 0 Å². The van der Waals surface area contributed by atoms with Crippen LogP contribution in [0.3, 0.4) is 0 Å². The second-order valence-electron chi connectivity index (χ2n) is 9.49. The fourth-order valence-corrected chi connectivity index (χ4v) is 3.93. The van der Waals surface area contributed by atoms with Crippen molar-refractivity contribution >= 4 is 28.5 Å². The molecule has 1 N–H and O–H groups in total. The van der Waals surface area contributed by atoms with Gasteiger partial charge in [-0.05, 0) is 45.0 Å². The van der Waals surface area contributed by atoms with E-state index in [2.05, 4.69) is 21.2 Å². The van der Waals surface area contributed by atoms with Crippen LogP contribution in [-0.4, -0.2) is 52.9 Å². The molecule has 1 saturated heterocycles. The Hall–Kier alpha value is -4.06. The second kappa shape index (κ2) is 10.3. The van der Waals surface area contributed by atoms with Crippen molar-refractivity contribution in [3.05, 3.63) is 48.0 Å². The predicted octanol–water partition coefficient (Wildman–Crippen LogP) is 5.28. The first-order valence-electron chi connectivity index (χ1n) is 11.7. The molecule has 0 radical (unpaired) electrons. The summed E-state index contributed by atoms with van der Waals surface area (Å²) in [7, 11) is 1.57. The lowest BCUT2D eigenvalue weighted by molar-refractivity contribution is 0.0124. The van der Waals surface area contributed by atoms with E-state index in [9.17, 15) is 9.18 Å². The number of nitrogens with zero attached hydrogens (tertiary/aromatic N) is 3. The van der Waals surface area contributed by atoms with Crippen LogP contribution in [-0.2, 0) is 4.74 Å². The Morgan fingerprint density at radius 1 is 1.17 bits per heavy atom. The normalized spacial score (nSPS) is 14.3. The average Bonchev–Trinajstić information content (AvgIpc) is 2.84. The van der Waals surface area contributed by atoms with Crippen LogP contribution in [0.4, 0.5) is 20.7 Å². The Morgan fingerprint density at radius 2 is 1.92 bits per heavy atom. The van der Waals surface area contributed by atoms with Crippen molar-refractivity contribution in [3.63, 3.8) is 0 Å². The van der Waals surface area contributed by atoms with E-state index in [0.29, 0.717) is 59.8 Å². The van der Waals surface area contributed by atoms with Crippen LogP contribution in [0.15, 0.2) is 36.7 Å². The van der Waals surface area contributed by atoms with Gasteiger partial charge in [0.05, 0.1) is 18.2 Å². The van der Waals surface area contributed by atoms with E-state index in [4.69, 9.17) is 20.6 Å². The molecule has 1 aromatic heterocycles. The van der Waals surface area contributed by atoms with E-state index in [0.717, 1.165) is 0 Å². The van der Waals surface area contributed by atoms with Gasteiger partial charge in [0, 0.05) is 43.1 Å². The molecule has 1 fully saturated rings. The first-order valence-corrected chi connectivity index (χ1v) is 11.7. The van der Waals surface area contributed by atoms with Crippen LogP contribution in [0.1, 0.15) is 39.2 Å². The van der Waals surface area contributed by atoms with E-state index < -0.39 is 11.4 Å². The molecule has 36 heavy (non-hydrogen) atoms. The van der Waals surface area contributed by atoms with Gasteiger partial charge >= 0.3 is 6.09 Å². The molecule has 0 atom stereocenters. The average molecular weight is 493 g/mol. The molecule has 3 aromatic rings. The standard InChI is InChI=1S/C27H29FN4O4/c1-6-17-13-18(7-8-21(17)28)31-25-20-14-24(23(34-5)15-22(20)29-16-30-25)35-19-9-11-32(12-10-19)26(33)36-27(2,3)4/h1,7-8,13-16,19H,9-12H2,2-5H3,(H,29,30,31). The highest BCUT2D eigenvalue weighted by molar-refractivity contribution is 5.93. The summed E-state index contributed by atoms with van der Waals surface area (Å²) in [4.78, 5) is 22.8. The summed E-state index contributed by atoms with van der Waals surface area (Å²) in [6, 6.07) is 8.04. The largest absolute Gasteiger partial charge is 0.493 e. The van der Waals surface area contributed by atoms with Gasteiger partial charge in [0.1, 0.15) is 29.7 Å². The molecule has 0 aliphatic carbocycles. The van der Waals surface area contributed by atoms with Crippen molar-refractivity contribution in [2.45, 2.75) is 45.3 Å². The lowest BCUT2D eigenvalue weighted by Gasteiger charge is -2.33. The van der Waals surface area contributed by atoms with Crippen LogP contribution in [0.5, 0.6) is 11.5 Å². The number of methoxy groups -OCH3 is 1. The number of ether oxygens (including phenoxy) is 3. The van der Waals surface area contributed by atoms with E-state index in [1.54, 1.807) is 30.2 Å². The third kappa shape index (κ3) is 5.77. The summed E-state index contributed by atoms with van der Waals surface area (Å²) in [6.45, 7) is 6.62. The number of carbonyl (C=O) groups is 1. The molecule has 2 heterocycles. The number of amides is 1. The number of aromatic nitrogens is 2. The summed E-state index contributed by atoms with van der Waals surface area (Å²) >= 11 is 0. The monoisotopic (exact) mass is 492 g/mol. The highest BCUT2D eigenvalue weighted by atomic mass is 19.1. The van der Waals surface area contributed by atoms with Gasteiger partial charge in [-0.25, -0.2) is 19.2 Å². The van der Waals surface area contributed by atoms with Crippen molar-refractivity contribution in [3.8, 4) is 23.8 Å². The molecule has 2 aromatic carbocycles. The van der Waals surface area contributed by atoms with Gasteiger partial charge in [-0.1, -0.05) is 5.92 Å². The summed E-state index contributed by atoms with van der Waals surface area (Å²) in [5.41, 5.74) is 0.863. The van der Waals surface area contributed by atoms with Crippen molar-refractivity contribution in [2.24, 2.45) is 0 Å². The molecular weight excluding hydrogens is 463 g/mol. The third-order valence-corrected chi connectivity index (χ3v) is 5.69. The van der Waals surface area contributed by atoms with E-state index in [1.807, 2.05) is 26.8 Å². The molecule has 1 aliphatic rings. The number of carbonyl (C=O) groups excluding carboxylic acids is 1. The molecule has 0 spiro atoms. The maximum atomic E-state index is 13.8. The number of benzene rings is 2. The number of hydrogen-bond acceptors (Lipinski definition) is 7. The number of terminal acetylenes is 1. The number of rotatable bonds is 5. The van der Waals surface area contributed by atoms with E-state index in [-0.39, 0.29) is 17.8 Å². The molecule has 1 aliphatic heterocycles. The molecule has 4 rings (SSSR count). The van der Waals surface area contributed by atoms with Crippen molar-refractivity contribution in [1.29, 1.82) is 0 Å². The number of fused-ring (bicyclic) bond motifs is 1. The van der Waals surface area contributed by atoms with Crippen LogP contribution < -0.4 is 14.8 Å². The Balaban J connectivity index is 1.54. The lowest BCUT2D eigenvalue weighted by Crippen LogP contribution is -2.44. The maximum Gasteiger partial charge on any atom is 0.410 e. The number of anilines is 2. The summed E-state index contributed by atoms with van der Waals surface area (Å²) in [5.74, 6) is 3.47. The number of nitrogens with one attached hydrogen (secondary N) is 1. The smallest absolute Gasteiger partial charge is 0.410 e. The lowest BCUT2D eigenvalue weighted by atomic mass is 10.1.